The maximum Gasteiger partial charge on any atom is 0.247 e. The number of sulfone groups is 1. The quantitative estimate of drug-likeness (QED) is 0.748. The number of nitrogens with one attached hydrogen (secondary N) is 1. The van der Waals surface area contributed by atoms with E-state index in [0.717, 1.165) is 11.3 Å². The molecule has 0 saturated carbocycles. The van der Waals surface area contributed by atoms with Gasteiger partial charge in [0.05, 0.1) is 17.4 Å². The van der Waals surface area contributed by atoms with Crippen molar-refractivity contribution in [1.29, 1.82) is 0 Å². The highest BCUT2D eigenvalue weighted by Gasteiger charge is 2.31. The van der Waals surface area contributed by atoms with Crippen molar-refractivity contribution in [1.82, 2.24) is 5.32 Å². The number of sulfonamides is 1. The molecule has 1 unspecified atom stereocenters. The average Bonchev–Trinajstić information content (AvgIpc) is 2.92. The van der Waals surface area contributed by atoms with Crippen LogP contribution in [0.1, 0.15) is 17.7 Å². The summed E-state index contributed by atoms with van der Waals surface area (Å²) >= 11 is 0.934. The van der Waals surface area contributed by atoms with E-state index in [-0.39, 0.29) is 28.8 Å². The van der Waals surface area contributed by atoms with Gasteiger partial charge in [0, 0.05) is 11.4 Å². The van der Waals surface area contributed by atoms with Crippen molar-refractivity contribution >= 4 is 37.1 Å². The summed E-state index contributed by atoms with van der Waals surface area (Å²) in [5.74, 6) is -0.157. The molecule has 10 heteroatoms. The van der Waals surface area contributed by atoms with E-state index in [1.165, 1.54) is 12.1 Å². The Morgan fingerprint density at radius 1 is 1.43 bits per heavy atom. The molecule has 1 aromatic rings. The van der Waals surface area contributed by atoms with E-state index < -0.39 is 25.1 Å². The molecule has 1 saturated heterocycles. The maximum absolute atomic E-state index is 11.8. The van der Waals surface area contributed by atoms with Crippen LogP contribution < -0.4 is 10.5 Å². The Bertz CT molecular complexity index is 736. The normalized spacial score (nSPS) is 21.3. The average molecular weight is 352 g/mol. The van der Waals surface area contributed by atoms with E-state index in [9.17, 15) is 21.6 Å². The molecule has 0 aromatic carbocycles. The summed E-state index contributed by atoms with van der Waals surface area (Å²) in [7, 11) is -6.83. The largest absolute Gasteiger partial charge is 0.354 e. The Morgan fingerprint density at radius 3 is 2.67 bits per heavy atom. The zero-order valence-corrected chi connectivity index (χ0v) is 13.6. The van der Waals surface area contributed by atoms with E-state index in [1.807, 2.05) is 0 Å². The second-order valence-corrected chi connectivity index (χ2v) is 10.2. The minimum Gasteiger partial charge on any atom is -0.354 e. The monoisotopic (exact) mass is 352 g/mol. The van der Waals surface area contributed by atoms with E-state index in [4.69, 9.17) is 5.14 Å². The number of carbonyl (C=O) groups is 1. The van der Waals surface area contributed by atoms with Crippen LogP contribution in [0.3, 0.4) is 0 Å². The minimum absolute atomic E-state index is 0.00340. The van der Waals surface area contributed by atoms with Gasteiger partial charge in [-0.05, 0) is 25.0 Å². The third kappa shape index (κ3) is 4.25. The molecule has 0 spiro atoms. The van der Waals surface area contributed by atoms with Crippen molar-refractivity contribution in [3.63, 3.8) is 0 Å². The molecule has 1 aliphatic rings. The molecule has 1 aliphatic heterocycles. The van der Waals surface area contributed by atoms with Crippen molar-refractivity contribution < 1.29 is 21.6 Å². The smallest absolute Gasteiger partial charge is 0.247 e. The Labute approximate surface area is 127 Å². The summed E-state index contributed by atoms with van der Waals surface area (Å²) in [5.41, 5.74) is 0. The predicted octanol–water partition coefficient (Wildman–Crippen LogP) is -0.369. The fourth-order valence-corrected chi connectivity index (χ4v) is 5.68. The lowest BCUT2D eigenvalue weighted by Gasteiger charge is -2.10. The summed E-state index contributed by atoms with van der Waals surface area (Å²) in [5, 5.41) is 7.06. The van der Waals surface area contributed by atoms with Gasteiger partial charge in [0.2, 0.25) is 15.9 Å². The van der Waals surface area contributed by atoms with Crippen LogP contribution in [0.4, 0.5) is 0 Å². The highest BCUT2D eigenvalue weighted by atomic mass is 32.2. The standard InChI is InChI=1S/C11H16N2O5S3/c12-21(17,18)11-4-3-8(19-11)6-10(14)13-7-9-2-1-5-20(9,15)16/h3-4,9H,1-2,5-7H2,(H,13,14)(H2,12,17,18). The van der Waals surface area contributed by atoms with Crippen molar-refractivity contribution in [2.45, 2.75) is 28.7 Å². The van der Waals surface area contributed by atoms with Gasteiger partial charge in [-0.25, -0.2) is 22.0 Å². The second kappa shape index (κ2) is 6.03. The molecule has 1 amide bonds. The first kappa shape index (κ1) is 16.4. The summed E-state index contributed by atoms with van der Waals surface area (Å²) in [6.07, 6.45) is 1.20. The Morgan fingerprint density at radius 2 is 2.14 bits per heavy atom. The van der Waals surface area contributed by atoms with Crippen LogP contribution in [-0.4, -0.2) is 40.3 Å². The Hall–Kier alpha value is -0.970. The highest BCUT2D eigenvalue weighted by molar-refractivity contribution is 7.92. The number of carbonyl (C=O) groups excluding carboxylic acids is 1. The molecule has 1 fully saturated rings. The molecule has 21 heavy (non-hydrogen) atoms. The number of hydrogen-bond donors (Lipinski definition) is 2. The SMILES string of the molecule is NS(=O)(=O)c1ccc(CC(=O)NCC2CCCS2(=O)=O)s1. The van der Waals surface area contributed by atoms with Crippen LogP contribution in [0.5, 0.6) is 0 Å². The van der Waals surface area contributed by atoms with E-state index in [0.29, 0.717) is 17.7 Å². The van der Waals surface area contributed by atoms with Crippen LogP contribution >= 0.6 is 11.3 Å². The molecule has 2 heterocycles. The summed E-state index contributed by atoms with van der Waals surface area (Å²) in [6, 6.07) is 2.88. The minimum atomic E-state index is -3.75. The fourth-order valence-electron chi connectivity index (χ4n) is 2.14. The Kier molecular flexibility index (Phi) is 4.71. The van der Waals surface area contributed by atoms with E-state index in [2.05, 4.69) is 5.32 Å². The third-order valence-electron chi connectivity index (χ3n) is 3.24. The van der Waals surface area contributed by atoms with Crippen LogP contribution in [0.2, 0.25) is 0 Å². The lowest BCUT2D eigenvalue weighted by molar-refractivity contribution is -0.120. The number of thiophene rings is 1. The second-order valence-electron chi connectivity index (χ2n) is 4.88. The molecule has 0 radical (unpaired) electrons. The molecule has 1 atom stereocenters. The lowest BCUT2D eigenvalue weighted by atomic mass is 10.2. The van der Waals surface area contributed by atoms with Crippen LogP contribution in [0, 0.1) is 0 Å². The summed E-state index contributed by atoms with van der Waals surface area (Å²) < 4.78 is 45.5. The highest BCUT2D eigenvalue weighted by Crippen LogP contribution is 2.21. The summed E-state index contributed by atoms with van der Waals surface area (Å²) in [6.45, 7) is 0.106. The topological polar surface area (TPSA) is 123 Å². The molecule has 118 valence electrons. The lowest BCUT2D eigenvalue weighted by Crippen LogP contribution is -2.35. The molecule has 0 aliphatic carbocycles. The first-order chi connectivity index (χ1) is 9.68. The van der Waals surface area contributed by atoms with Gasteiger partial charge in [-0.3, -0.25) is 4.79 Å². The van der Waals surface area contributed by atoms with Crippen LogP contribution in [0.25, 0.3) is 0 Å². The van der Waals surface area contributed by atoms with Gasteiger partial charge in [0.25, 0.3) is 0 Å². The van der Waals surface area contributed by atoms with E-state index >= 15 is 0 Å². The number of hydrogen-bond acceptors (Lipinski definition) is 6. The van der Waals surface area contributed by atoms with Crippen molar-refractivity contribution in [3.05, 3.63) is 17.0 Å². The Balaban J connectivity index is 1.89. The number of nitrogens with two attached hydrogens (primary N) is 1. The van der Waals surface area contributed by atoms with Gasteiger partial charge in [-0.15, -0.1) is 11.3 Å². The van der Waals surface area contributed by atoms with Crippen LogP contribution in [-0.2, 0) is 31.1 Å². The molecular weight excluding hydrogens is 336 g/mol. The molecule has 7 nitrogen and oxygen atoms in total. The van der Waals surface area contributed by atoms with Gasteiger partial charge in [-0.1, -0.05) is 0 Å². The molecular formula is C11H16N2O5S3. The molecule has 3 N–H and O–H groups in total. The summed E-state index contributed by atoms with van der Waals surface area (Å²) in [4.78, 5) is 12.3. The van der Waals surface area contributed by atoms with Crippen molar-refractivity contribution in [2.24, 2.45) is 5.14 Å². The van der Waals surface area contributed by atoms with Crippen molar-refractivity contribution in [2.75, 3.05) is 12.3 Å². The first-order valence-electron chi connectivity index (χ1n) is 6.28. The fraction of sp³-hybridized carbons (Fsp3) is 0.545. The molecule has 0 bridgehead atoms. The van der Waals surface area contributed by atoms with Gasteiger partial charge in [0.15, 0.2) is 9.84 Å². The number of amides is 1. The zero-order chi connectivity index (χ0) is 15.7. The van der Waals surface area contributed by atoms with Gasteiger partial charge in [-0.2, -0.15) is 0 Å². The zero-order valence-electron chi connectivity index (χ0n) is 11.1. The van der Waals surface area contributed by atoms with Crippen molar-refractivity contribution in [3.8, 4) is 0 Å². The maximum atomic E-state index is 11.8. The van der Waals surface area contributed by atoms with Crippen LogP contribution in [0.15, 0.2) is 16.3 Å². The van der Waals surface area contributed by atoms with Gasteiger partial charge >= 0.3 is 0 Å². The number of primary sulfonamides is 1. The van der Waals surface area contributed by atoms with E-state index in [1.54, 1.807) is 0 Å². The molecule has 2 rings (SSSR count). The van der Waals surface area contributed by atoms with Gasteiger partial charge < -0.3 is 5.32 Å². The first-order valence-corrected chi connectivity index (χ1v) is 10.4. The number of rotatable bonds is 5. The molecule has 1 aromatic heterocycles. The predicted molar refractivity (Wildman–Crippen MR) is 79.2 cm³/mol. The third-order valence-corrected chi connectivity index (χ3v) is 8.04. The van der Waals surface area contributed by atoms with Gasteiger partial charge in [0.1, 0.15) is 4.21 Å².